The van der Waals surface area contributed by atoms with Gasteiger partial charge in [-0.15, -0.1) is 0 Å². The van der Waals surface area contributed by atoms with Crippen molar-refractivity contribution >= 4 is 17.8 Å². The van der Waals surface area contributed by atoms with Crippen LogP contribution < -0.4 is 16.4 Å². The first kappa shape index (κ1) is 26.3. The summed E-state index contributed by atoms with van der Waals surface area (Å²) in [6.07, 6.45) is 3.65. The molecule has 0 heterocycles. The van der Waals surface area contributed by atoms with Gasteiger partial charge >= 0.3 is 5.97 Å². The lowest BCUT2D eigenvalue weighted by atomic mass is 9.86. The molecule has 4 N–H and O–H groups in total. The Hall–Kier alpha value is -1.71. The first-order valence-electron chi connectivity index (χ1n) is 10.9. The Labute approximate surface area is 179 Å². The molecule has 0 aliphatic heterocycles. The quantitative estimate of drug-likeness (QED) is 0.293. The van der Waals surface area contributed by atoms with Crippen LogP contribution >= 0.6 is 0 Å². The van der Waals surface area contributed by atoms with E-state index in [2.05, 4.69) is 10.6 Å². The van der Waals surface area contributed by atoms with Gasteiger partial charge < -0.3 is 30.6 Å². The molecule has 0 radical (unpaired) electrons. The summed E-state index contributed by atoms with van der Waals surface area (Å²) in [5.41, 5.74) is 4.82. The van der Waals surface area contributed by atoms with E-state index in [0.29, 0.717) is 52.4 Å². The van der Waals surface area contributed by atoms with E-state index in [1.165, 1.54) is 0 Å². The summed E-state index contributed by atoms with van der Waals surface area (Å²) in [5.74, 6) is -0.337. The number of ether oxygens (including phenoxy) is 3. The SMILES string of the molecule is CC(C)(C)OC(=O)[C@H]1CC[C@@H](NC(=O)CCOCCOCCNC(=O)CCN)CC1. The molecule has 1 aliphatic carbocycles. The Morgan fingerprint density at radius 3 is 2.13 bits per heavy atom. The zero-order valence-corrected chi connectivity index (χ0v) is 18.7. The van der Waals surface area contributed by atoms with E-state index in [1.807, 2.05) is 20.8 Å². The lowest BCUT2D eigenvalue weighted by molar-refractivity contribution is -0.161. The number of amides is 2. The van der Waals surface area contributed by atoms with Crippen molar-refractivity contribution in [3.8, 4) is 0 Å². The van der Waals surface area contributed by atoms with Crippen LogP contribution in [0.15, 0.2) is 0 Å². The monoisotopic (exact) mass is 429 g/mol. The number of rotatable bonds is 13. The Kier molecular flexibility index (Phi) is 12.6. The van der Waals surface area contributed by atoms with E-state index in [4.69, 9.17) is 19.9 Å². The van der Waals surface area contributed by atoms with E-state index in [1.54, 1.807) is 0 Å². The van der Waals surface area contributed by atoms with E-state index < -0.39 is 5.60 Å². The van der Waals surface area contributed by atoms with Crippen LogP contribution in [0.4, 0.5) is 0 Å². The molecule has 2 amide bonds. The molecule has 0 unspecified atom stereocenters. The number of hydrogen-bond donors (Lipinski definition) is 3. The maximum absolute atomic E-state index is 12.1. The minimum atomic E-state index is -0.465. The van der Waals surface area contributed by atoms with Crippen molar-refractivity contribution in [2.75, 3.05) is 39.5 Å². The van der Waals surface area contributed by atoms with Crippen LogP contribution in [-0.4, -0.2) is 68.9 Å². The van der Waals surface area contributed by atoms with Crippen molar-refractivity contribution < 1.29 is 28.6 Å². The van der Waals surface area contributed by atoms with Gasteiger partial charge in [0, 0.05) is 32.0 Å². The van der Waals surface area contributed by atoms with Gasteiger partial charge in [-0.25, -0.2) is 0 Å². The second kappa shape index (κ2) is 14.3. The standard InChI is InChI=1S/C21H39N3O6/c1-21(2,3)30-20(27)16-4-6-17(7-5-16)24-19(26)9-12-28-14-15-29-13-11-23-18(25)8-10-22/h16-17H,4-15,22H2,1-3H3,(H,23,25)(H,24,26)/t16-,17+. The largest absolute Gasteiger partial charge is 0.460 e. The molecule has 9 nitrogen and oxygen atoms in total. The van der Waals surface area contributed by atoms with Crippen molar-refractivity contribution in [2.24, 2.45) is 11.7 Å². The molecule has 0 aromatic heterocycles. The normalized spacial score (nSPS) is 19.2. The van der Waals surface area contributed by atoms with Gasteiger partial charge in [0.05, 0.1) is 32.3 Å². The number of hydrogen-bond acceptors (Lipinski definition) is 7. The minimum Gasteiger partial charge on any atom is -0.460 e. The van der Waals surface area contributed by atoms with Crippen molar-refractivity contribution in [2.45, 2.75) is 70.9 Å². The predicted octanol–water partition coefficient (Wildman–Crippen LogP) is 0.891. The van der Waals surface area contributed by atoms with Gasteiger partial charge in [-0.3, -0.25) is 14.4 Å². The number of nitrogens with two attached hydrogens (primary N) is 1. The number of nitrogens with one attached hydrogen (secondary N) is 2. The highest BCUT2D eigenvalue weighted by atomic mass is 16.6. The minimum absolute atomic E-state index is 0.0424. The van der Waals surface area contributed by atoms with Crippen LogP contribution in [0.2, 0.25) is 0 Å². The highest BCUT2D eigenvalue weighted by molar-refractivity contribution is 5.76. The Morgan fingerprint density at radius 1 is 0.900 bits per heavy atom. The molecule has 0 bridgehead atoms. The maximum atomic E-state index is 12.1. The number of carbonyl (C=O) groups is 3. The molecule has 9 heteroatoms. The van der Waals surface area contributed by atoms with E-state index in [9.17, 15) is 14.4 Å². The number of esters is 1. The molecule has 0 aromatic carbocycles. The maximum Gasteiger partial charge on any atom is 0.309 e. The van der Waals surface area contributed by atoms with Crippen molar-refractivity contribution in [3.05, 3.63) is 0 Å². The van der Waals surface area contributed by atoms with Crippen LogP contribution in [0.3, 0.4) is 0 Å². The summed E-state index contributed by atoms with van der Waals surface area (Å²) in [6, 6.07) is 0.106. The first-order valence-corrected chi connectivity index (χ1v) is 10.9. The smallest absolute Gasteiger partial charge is 0.309 e. The zero-order valence-electron chi connectivity index (χ0n) is 18.7. The third-order valence-corrected chi connectivity index (χ3v) is 4.62. The fraction of sp³-hybridized carbons (Fsp3) is 0.857. The van der Waals surface area contributed by atoms with Crippen LogP contribution in [0.25, 0.3) is 0 Å². The molecular formula is C21H39N3O6. The Balaban J connectivity index is 2.00. The molecule has 1 rings (SSSR count). The molecule has 1 saturated carbocycles. The molecule has 1 fully saturated rings. The second-order valence-corrected chi connectivity index (χ2v) is 8.51. The lowest BCUT2D eigenvalue weighted by Crippen LogP contribution is -2.40. The molecule has 0 aromatic rings. The summed E-state index contributed by atoms with van der Waals surface area (Å²) in [6.45, 7) is 7.92. The molecule has 174 valence electrons. The van der Waals surface area contributed by atoms with Gasteiger partial charge in [0.15, 0.2) is 0 Å². The average Bonchev–Trinajstić information content (AvgIpc) is 2.66. The molecule has 1 aliphatic rings. The van der Waals surface area contributed by atoms with Gasteiger partial charge in [0.1, 0.15) is 5.60 Å². The van der Waals surface area contributed by atoms with Crippen molar-refractivity contribution in [3.63, 3.8) is 0 Å². The third-order valence-electron chi connectivity index (χ3n) is 4.62. The van der Waals surface area contributed by atoms with Crippen molar-refractivity contribution in [1.29, 1.82) is 0 Å². The van der Waals surface area contributed by atoms with Gasteiger partial charge in [-0.2, -0.15) is 0 Å². The highest BCUT2D eigenvalue weighted by Crippen LogP contribution is 2.27. The fourth-order valence-electron chi connectivity index (χ4n) is 3.13. The Bertz CT molecular complexity index is 527. The van der Waals surface area contributed by atoms with Crippen LogP contribution in [0.1, 0.15) is 59.3 Å². The topological polar surface area (TPSA) is 129 Å². The van der Waals surface area contributed by atoms with E-state index in [0.717, 1.165) is 25.7 Å². The predicted molar refractivity (Wildman–Crippen MR) is 113 cm³/mol. The second-order valence-electron chi connectivity index (χ2n) is 8.51. The zero-order chi connectivity index (χ0) is 22.4. The molecular weight excluding hydrogens is 390 g/mol. The van der Waals surface area contributed by atoms with Gasteiger partial charge in [0.2, 0.25) is 11.8 Å². The van der Waals surface area contributed by atoms with Gasteiger partial charge in [-0.1, -0.05) is 0 Å². The van der Waals surface area contributed by atoms with Crippen LogP contribution in [0, 0.1) is 5.92 Å². The molecule has 0 atom stereocenters. The first-order chi connectivity index (χ1) is 14.2. The average molecular weight is 430 g/mol. The van der Waals surface area contributed by atoms with Gasteiger partial charge in [0.25, 0.3) is 0 Å². The van der Waals surface area contributed by atoms with E-state index in [-0.39, 0.29) is 29.7 Å². The van der Waals surface area contributed by atoms with E-state index >= 15 is 0 Å². The summed E-state index contributed by atoms with van der Waals surface area (Å²) < 4.78 is 16.2. The van der Waals surface area contributed by atoms with Crippen LogP contribution in [-0.2, 0) is 28.6 Å². The highest BCUT2D eigenvalue weighted by Gasteiger charge is 2.30. The van der Waals surface area contributed by atoms with Gasteiger partial charge in [-0.05, 0) is 46.5 Å². The van der Waals surface area contributed by atoms with Crippen LogP contribution in [0.5, 0.6) is 0 Å². The molecule has 0 spiro atoms. The summed E-state index contributed by atoms with van der Waals surface area (Å²) >= 11 is 0. The third kappa shape index (κ3) is 12.8. The molecule has 30 heavy (non-hydrogen) atoms. The van der Waals surface area contributed by atoms with Crippen molar-refractivity contribution in [1.82, 2.24) is 10.6 Å². The Morgan fingerprint density at radius 2 is 1.53 bits per heavy atom. The number of carbonyl (C=O) groups excluding carboxylic acids is 3. The fourth-order valence-corrected chi connectivity index (χ4v) is 3.13. The summed E-state index contributed by atoms with van der Waals surface area (Å²) in [5, 5.41) is 5.71. The molecule has 0 saturated heterocycles. The summed E-state index contributed by atoms with van der Waals surface area (Å²) in [4.78, 5) is 35.4. The summed E-state index contributed by atoms with van der Waals surface area (Å²) in [7, 11) is 0. The lowest BCUT2D eigenvalue weighted by Gasteiger charge is -2.30.